The summed E-state index contributed by atoms with van der Waals surface area (Å²) in [6, 6.07) is 20.6. The summed E-state index contributed by atoms with van der Waals surface area (Å²) in [5.41, 5.74) is 4.89. The summed E-state index contributed by atoms with van der Waals surface area (Å²) in [6.45, 7) is 9.00. The molecule has 4 aromatic carbocycles. The third kappa shape index (κ3) is 11.8. The fourth-order valence-corrected chi connectivity index (χ4v) is 18.5. The van der Waals surface area contributed by atoms with E-state index >= 15 is 8.78 Å². The quantitative estimate of drug-likeness (QED) is 0.0889. The predicted molar refractivity (Wildman–Crippen MR) is 344 cm³/mol. The Morgan fingerprint density at radius 1 is 0.591 bits per heavy atom. The number of nitrogens with two attached hydrogens (primary N) is 1. The maximum Gasteiger partial charge on any atom is 0.307 e. The van der Waals surface area contributed by atoms with Crippen LogP contribution in [-0.2, 0) is 39.5 Å². The van der Waals surface area contributed by atoms with Crippen LogP contribution in [-0.4, -0.2) is 83.6 Å². The van der Waals surface area contributed by atoms with E-state index in [4.69, 9.17) is 66.7 Å². The van der Waals surface area contributed by atoms with Crippen LogP contribution >= 0.6 is 58.8 Å². The first-order chi connectivity index (χ1) is 41.2. The lowest BCUT2D eigenvalue weighted by Crippen LogP contribution is -2.52. The van der Waals surface area contributed by atoms with Crippen molar-refractivity contribution in [1.82, 2.24) is 0 Å². The molecule has 19 heteroatoms. The molecule has 6 fully saturated rings. The van der Waals surface area contributed by atoms with E-state index in [2.05, 4.69) is 38.3 Å². The minimum atomic E-state index is -1.22. The summed E-state index contributed by atoms with van der Waals surface area (Å²) in [5.74, 6) is -5.51. The fourth-order valence-electron chi connectivity index (χ4n) is 17.8. The van der Waals surface area contributed by atoms with Gasteiger partial charge >= 0.3 is 5.97 Å². The maximum absolute atomic E-state index is 16.2. The minimum absolute atomic E-state index is 0. The largest absolute Gasteiger partial charge is 0.481 e. The minimum Gasteiger partial charge on any atom is -0.481 e. The zero-order valence-corrected chi connectivity index (χ0v) is 55.1. The van der Waals surface area contributed by atoms with E-state index in [1.165, 1.54) is 12.1 Å². The van der Waals surface area contributed by atoms with Crippen molar-refractivity contribution in [2.24, 2.45) is 45.1 Å². The van der Waals surface area contributed by atoms with Gasteiger partial charge in [-0.3, -0.25) is 19.2 Å². The van der Waals surface area contributed by atoms with Gasteiger partial charge in [-0.15, -0.1) is 12.4 Å². The number of Topliss-reactive ketones (excluding diaryl/α,β-unsaturated/α-hetero) is 1. The second-order valence-electron chi connectivity index (χ2n) is 28.5. The maximum atomic E-state index is 16.2. The van der Waals surface area contributed by atoms with E-state index in [0.717, 1.165) is 82.6 Å². The summed E-state index contributed by atoms with van der Waals surface area (Å²) >= 11 is 25.2. The van der Waals surface area contributed by atoms with Crippen LogP contribution in [0.25, 0.3) is 0 Å². The molecular formula is C69H86Cl5F2N3O9. The molecule has 6 atom stereocenters. The number of aliphatic hydroxyl groups is 2. The molecule has 4 spiro atoms. The average molecular weight is 1320 g/mol. The number of carbonyl (C=O) groups excluding carboxylic acids is 3. The molecule has 12 rings (SSSR count). The smallest absolute Gasteiger partial charge is 0.307 e. The summed E-state index contributed by atoms with van der Waals surface area (Å²) in [7, 11) is 3.29. The van der Waals surface area contributed by atoms with Gasteiger partial charge in [-0.05, 0) is 202 Å². The van der Waals surface area contributed by atoms with Crippen molar-refractivity contribution in [2.45, 2.75) is 190 Å². The zero-order valence-electron chi connectivity index (χ0n) is 51.3. The van der Waals surface area contributed by atoms with Crippen molar-refractivity contribution in [3.8, 4) is 0 Å². The number of hydrogen-bond donors (Lipinski definition) is 6. The van der Waals surface area contributed by atoms with E-state index < -0.39 is 68.5 Å². The summed E-state index contributed by atoms with van der Waals surface area (Å²) < 4.78 is 42.6. The first-order valence-corrected chi connectivity index (χ1v) is 32.6. The molecular weight excluding hydrogens is 1230 g/mol. The summed E-state index contributed by atoms with van der Waals surface area (Å²) in [4.78, 5) is 55.9. The van der Waals surface area contributed by atoms with E-state index in [1.807, 2.05) is 12.1 Å². The monoisotopic (exact) mass is 1310 g/mol. The van der Waals surface area contributed by atoms with Crippen LogP contribution in [0, 0.1) is 51.0 Å². The van der Waals surface area contributed by atoms with Crippen molar-refractivity contribution < 1.29 is 52.8 Å². The summed E-state index contributed by atoms with van der Waals surface area (Å²) in [5, 5.41) is 36.3. The van der Waals surface area contributed by atoms with E-state index in [-0.39, 0.29) is 81.2 Å². The lowest BCUT2D eigenvalue weighted by molar-refractivity contribution is -0.142. The second-order valence-corrected chi connectivity index (χ2v) is 30.2. The van der Waals surface area contributed by atoms with E-state index in [1.54, 1.807) is 62.8 Å². The highest BCUT2D eigenvalue weighted by Crippen LogP contribution is 2.74. The lowest BCUT2D eigenvalue weighted by atomic mass is 9.51. The molecule has 2 heterocycles. The first-order valence-electron chi connectivity index (χ1n) is 31.1. The van der Waals surface area contributed by atoms with Gasteiger partial charge in [-0.1, -0.05) is 110 Å². The number of ether oxygens (including phenoxy) is 2. The average Bonchev–Trinajstić information content (AvgIpc) is 1.51. The lowest BCUT2D eigenvalue weighted by Gasteiger charge is -2.51. The van der Waals surface area contributed by atoms with Gasteiger partial charge in [0.05, 0.1) is 51.2 Å². The number of anilines is 2. The normalized spacial score (nSPS) is 31.8. The molecule has 6 saturated carbocycles. The number of carboxylic acids is 1. The van der Waals surface area contributed by atoms with Gasteiger partial charge in [0.1, 0.15) is 17.4 Å². The number of ketones is 1. The zero-order chi connectivity index (χ0) is 62.9. The van der Waals surface area contributed by atoms with Crippen LogP contribution in [0.2, 0.25) is 20.1 Å². The number of amides is 2. The SMILES string of the molecule is CC1(C)CCC2(CC1)C[C@@H](C(=O)O)[C@H](c1cccc(Cl)c1F)C21C(=O)Nc2cc(Cl)ccc21.COC1(CO)CCC(CC(=O)[C@@H]2CC3(CCC(C)(C)CC3)[C@@]3(C(=O)Nc4cc(Cl)ccc43)[C@H]2c2cccc(Cl)c2F)CC1.COC1(CO)CCC(N)CC1.Cl. The predicted octanol–water partition coefficient (Wildman–Crippen LogP) is 15.7. The molecule has 1 unspecified atom stereocenters. The Kier molecular flexibility index (Phi) is 20.1. The molecule has 0 radical (unpaired) electrons. The molecule has 0 bridgehead atoms. The fraction of sp³-hybridized carbons (Fsp3) is 0.594. The van der Waals surface area contributed by atoms with Crippen molar-refractivity contribution in [3.05, 3.63) is 127 Å². The Bertz CT molecular complexity index is 3260. The van der Waals surface area contributed by atoms with Crippen LogP contribution in [0.3, 0.4) is 0 Å². The molecule has 88 heavy (non-hydrogen) atoms. The summed E-state index contributed by atoms with van der Waals surface area (Å²) in [6.07, 6.45) is 14.3. The van der Waals surface area contributed by atoms with Crippen molar-refractivity contribution in [1.29, 1.82) is 0 Å². The number of nitrogens with one attached hydrogen (secondary N) is 2. The number of carboxylic acid groups (broad SMARTS) is 1. The highest BCUT2D eigenvalue weighted by atomic mass is 35.5. The Morgan fingerprint density at radius 2 is 0.977 bits per heavy atom. The molecule has 480 valence electrons. The highest BCUT2D eigenvalue weighted by Gasteiger charge is 2.74. The third-order valence-electron chi connectivity index (χ3n) is 23.0. The molecule has 0 aromatic heterocycles. The van der Waals surface area contributed by atoms with Crippen LogP contribution in [0.4, 0.5) is 20.2 Å². The number of aliphatic carboxylic acids is 1. The van der Waals surface area contributed by atoms with E-state index in [0.29, 0.717) is 83.5 Å². The number of hydrogen-bond acceptors (Lipinski definition) is 9. The first kappa shape index (κ1) is 68.4. The van der Waals surface area contributed by atoms with Gasteiger partial charge in [0.15, 0.2) is 0 Å². The van der Waals surface area contributed by atoms with Gasteiger partial charge in [-0.2, -0.15) is 0 Å². The molecule has 12 nitrogen and oxygen atoms in total. The highest BCUT2D eigenvalue weighted by molar-refractivity contribution is 6.32. The van der Waals surface area contributed by atoms with Crippen molar-refractivity contribution in [2.75, 3.05) is 38.1 Å². The number of halogens is 7. The van der Waals surface area contributed by atoms with Gasteiger partial charge in [0, 0.05) is 65.9 Å². The number of aliphatic hydroxyl groups excluding tert-OH is 2. The Hall–Kier alpha value is -3.93. The van der Waals surface area contributed by atoms with Crippen LogP contribution in [0.5, 0.6) is 0 Å². The molecule has 2 amide bonds. The van der Waals surface area contributed by atoms with E-state index in [9.17, 15) is 29.4 Å². The molecule has 8 aliphatic rings. The Labute approximate surface area is 542 Å². The number of benzene rings is 4. The Balaban J connectivity index is 0.000000181. The molecule has 0 saturated heterocycles. The van der Waals surface area contributed by atoms with Gasteiger partial charge < -0.3 is 41.2 Å². The molecule has 6 aliphatic carbocycles. The molecule has 4 aromatic rings. The van der Waals surface area contributed by atoms with Crippen molar-refractivity contribution in [3.63, 3.8) is 0 Å². The Morgan fingerprint density at radius 3 is 1.36 bits per heavy atom. The standard InChI is InChI=1S/C35H42Cl2FNO4.C26H26Cl2FNO3.C8H17NO2.ClH/c1-32(2)13-15-33(16-14-32)19-24(28(41)17-21-9-11-34(20-40,43-3)12-10-21)29(23-5-4-6-26(37)30(23)38)35(33)25-8-7-22(36)18-27(25)39-31(35)42;1-24(2)8-10-25(11-9-24)13-16(22(31)32)20(15-4-3-5-18(28)21(15)29)26(25)17-7-6-14(27)12-19(17)30-23(26)33;1-11-8(6-10)4-2-7(9)3-5-8;/h4-8,18,21,24,29,40H,9-17,19-20H2,1-3H3,(H,39,42);3-7,12,16,20H,8-11,13H2,1-2H3,(H,30,33)(H,31,32);7,10H,2-6,9H2,1H3;1H/t21?,24-,29-,34?,35+;16-,20+,26?;;/m01../s1. The van der Waals surface area contributed by atoms with Crippen LogP contribution in [0.1, 0.15) is 184 Å². The molecule has 7 N–H and O–H groups in total. The number of carbonyl (C=O) groups is 4. The number of methoxy groups -OCH3 is 2. The van der Waals surface area contributed by atoms with Gasteiger partial charge in [0.2, 0.25) is 11.8 Å². The molecule has 2 aliphatic heterocycles. The number of rotatable bonds is 10. The van der Waals surface area contributed by atoms with Crippen LogP contribution in [0.15, 0.2) is 72.8 Å². The topological polar surface area (TPSA) is 198 Å². The van der Waals surface area contributed by atoms with Gasteiger partial charge in [-0.25, -0.2) is 8.78 Å². The third-order valence-corrected chi connectivity index (χ3v) is 24.1. The van der Waals surface area contributed by atoms with Crippen molar-refractivity contribution >= 4 is 93.8 Å². The van der Waals surface area contributed by atoms with Gasteiger partial charge in [0.25, 0.3) is 0 Å². The van der Waals surface area contributed by atoms with Crippen LogP contribution < -0.4 is 16.4 Å². The second kappa shape index (κ2) is 25.9. The number of fused-ring (bicyclic) bond motifs is 6.